The van der Waals surface area contributed by atoms with E-state index >= 15 is 0 Å². The summed E-state index contributed by atoms with van der Waals surface area (Å²) in [4.78, 5) is 28.1. The number of carbonyl (C=O) groups is 1. The van der Waals surface area contributed by atoms with E-state index in [1.54, 1.807) is 7.11 Å². The molecule has 176 valence electrons. The average Bonchev–Trinajstić information content (AvgIpc) is 3.10. The molecule has 34 heavy (non-hydrogen) atoms. The first-order chi connectivity index (χ1) is 16.6. The fourth-order valence-corrected chi connectivity index (χ4v) is 5.19. The van der Waals surface area contributed by atoms with Gasteiger partial charge in [0.2, 0.25) is 5.91 Å². The lowest BCUT2D eigenvalue weighted by atomic mass is 10.0. The lowest BCUT2D eigenvalue weighted by molar-refractivity contribution is -0.126. The molecule has 0 N–H and O–H groups in total. The highest BCUT2D eigenvalue weighted by Gasteiger charge is 2.27. The summed E-state index contributed by atoms with van der Waals surface area (Å²) in [5.41, 5.74) is 4.83. The third-order valence-corrected chi connectivity index (χ3v) is 6.98. The Bertz CT molecular complexity index is 1230. The number of rotatable bonds is 4. The van der Waals surface area contributed by atoms with Gasteiger partial charge in [0.25, 0.3) is 0 Å². The number of anilines is 2. The number of ether oxygens (including phenoxy) is 1. The summed E-state index contributed by atoms with van der Waals surface area (Å²) in [6.45, 7) is 10.4. The van der Waals surface area contributed by atoms with Crippen LogP contribution in [0.3, 0.4) is 0 Å². The molecule has 2 aliphatic heterocycles. The van der Waals surface area contributed by atoms with E-state index in [-0.39, 0.29) is 5.91 Å². The van der Waals surface area contributed by atoms with Crippen molar-refractivity contribution in [3.63, 3.8) is 0 Å². The van der Waals surface area contributed by atoms with Crippen LogP contribution in [0.15, 0.2) is 49.1 Å². The molecule has 1 amide bonds. The zero-order chi connectivity index (χ0) is 23.7. The Labute approximate surface area is 200 Å². The third kappa shape index (κ3) is 4.06. The zero-order valence-corrected chi connectivity index (χ0v) is 20.0. The van der Waals surface area contributed by atoms with Gasteiger partial charge < -0.3 is 19.4 Å². The molecule has 0 atom stereocenters. The van der Waals surface area contributed by atoms with Gasteiger partial charge in [0.15, 0.2) is 0 Å². The van der Waals surface area contributed by atoms with Gasteiger partial charge in [-0.05, 0) is 36.4 Å². The van der Waals surface area contributed by atoms with Crippen molar-refractivity contribution < 1.29 is 9.53 Å². The van der Waals surface area contributed by atoms with Crippen LogP contribution in [0.5, 0.6) is 6.01 Å². The molecule has 3 aromatic rings. The molecule has 0 spiro atoms. The number of methoxy groups -OCH3 is 1. The molecule has 2 aromatic carbocycles. The zero-order valence-electron chi connectivity index (χ0n) is 20.0. The second kappa shape index (κ2) is 9.33. The molecular weight excluding hydrogens is 426 g/mol. The van der Waals surface area contributed by atoms with Crippen molar-refractivity contribution in [3.05, 3.63) is 65.9 Å². The monoisotopic (exact) mass is 457 g/mol. The van der Waals surface area contributed by atoms with E-state index < -0.39 is 0 Å². The Morgan fingerprint density at radius 1 is 0.971 bits per heavy atom. The number of nitrogens with zero attached hydrogens (tertiary/aromatic N) is 5. The van der Waals surface area contributed by atoms with Crippen molar-refractivity contribution in [1.82, 2.24) is 14.9 Å². The number of piperazine rings is 1. The molecule has 0 unspecified atom stereocenters. The van der Waals surface area contributed by atoms with Crippen LogP contribution in [0.25, 0.3) is 10.8 Å². The number of fused-ring (bicyclic) bond motifs is 2. The SMILES string of the molecule is C=CC(=O)N1CCN(c2nc(OC)nc3c2CCN(c2cccc4cccc(C)c24)CC3)CC1. The van der Waals surface area contributed by atoms with Crippen molar-refractivity contribution >= 4 is 28.2 Å². The predicted molar refractivity (Wildman–Crippen MR) is 136 cm³/mol. The minimum Gasteiger partial charge on any atom is -0.467 e. The Hall–Kier alpha value is -3.61. The number of aromatic nitrogens is 2. The molecule has 0 aliphatic carbocycles. The van der Waals surface area contributed by atoms with Gasteiger partial charge in [-0.1, -0.05) is 36.9 Å². The van der Waals surface area contributed by atoms with Gasteiger partial charge >= 0.3 is 6.01 Å². The van der Waals surface area contributed by atoms with Crippen LogP contribution in [0.2, 0.25) is 0 Å². The standard InChI is InChI=1S/C27H31N5O2/c1-4-24(33)31-15-17-32(18-16-31)26-21-11-13-30(14-12-22(21)28-27(29-26)34-3)23-10-6-9-20-8-5-7-19(2)25(20)23/h4-10H,1,11-18H2,2-3H3. The van der Waals surface area contributed by atoms with Gasteiger partial charge in [-0.15, -0.1) is 0 Å². The molecule has 0 radical (unpaired) electrons. The summed E-state index contributed by atoms with van der Waals surface area (Å²) in [5.74, 6) is 0.934. The van der Waals surface area contributed by atoms with Crippen LogP contribution in [0.4, 0.5) is 11.5 Å². The summed E-state index contributed by atoms with van der Waals surface area (Å²) in [5, 5.41) is 2.59. The molecule has 7 nitrogen and oxygen atoms in total. The number of hydrogen-bond acceptors (Lipinski definition) is 6. The largest absolute Gasteiger partial charge is 0.467 e. The average molecular weight is 458 g/mol. The van der Waals surface area contributed by atoms with Crippen LogP contribution < -0.4 is 14.5 Å². The maximum absolute atomic E-state index is 12.0. The molecular formula is C27H31N5O2. The van der Waals surface area contributed by atoms with Gasteiger partial charge in [0.1, 0.15) is 5.82 Å². The summed E-state index contributed by atoms with van der Waals surface area (Å²) in [6, 6.07) is 13.5. The highest BCUT2D eigenvalue weighted by Crippen LogP contribution is 2.33. The first-order valence-electron chi connectivity index (χ1n) is 11.9. The van der Waals surface area contributed by atoms with E-state index in [0.717, 1.165) is 50.5 Å². The maximum atomic E-state index is 12.0. The first kappa shape index (κ1) is 22.2. The molecule has 1 fully saturated rings. The summed E-state index contributed by atoms with van der Waals surface area (Å²) in [7, 11) is 1.62. The Morgan fingerprint density at radius 2 is 1.71 bits per heavy atom. The fourth-order valence-electron chi connectivity index (χ4n) is 5.19. The second-order valence-corrected chi connectivity index (χ2v) is 8.91. The number of benzene rings is 2. The number of amides is 1. The van der Waals surface area contributed by atoms with Crippen molar-refractivity contribution in [3.8, 4) is 6.01 Å². The topological polar surface area (TPSA) is 61.8 Å². The second-order valence-electron chi connectivity index (χ2n) is 8.91. The van der Waals surface area contributed by atoms with Crippen molar-refractivity contribution in [2.75, 3.05) is 56.2 Å². The lowest BCUT2D eigenvalue weighted by Gasteiger charge is -2.36. The number of aryl methyl sites for hydroxylation is 1. The van der Waals surface area contributed by atoms with Crippen LogP contribution in [0.1, 0.15) is 16.8 Å². The molecule has 1 saturated heterocycles. The van der Waals surface area contributed by atoms with E-state index in [0.29, 0.717) is 19.1 Å². The summed E-state index contributed by atoms with van der Waals surface area (Å²) < 4.78 is 5.47. The molecule has 5 rings (SSSR count). The van der Waals surface area contributed by atoms with Crippen molar-refractivity contribution in [1.29, 1.82) is 0 Å². The lowest BCUT2D eigenvalue weighted by Crippen LogP contribution is -2.49. The van der Waals surface area contributed by atoms with Gasteiger partial charge in [-0.3, -0.25) is 4.79 Å². The number of hydrogen-bond donors (Lipinski definition) is 0. The molecule has 0 bridgehead atoms. The first-order valence-corrected chi connectivity index (χ1v) is 11.9. The maximum Gasteiger partial charge on any atom is 0.318 e. The smallest absolute Gasteiger partial charge is 0.318 e. The van der Waals surface area contributed by atoms with Gasteiger partial charge in [0.05, 0.1) is 12.8 Å². The van der Waals surface area contributed by atoms with E-state index in [4.69, 9.17) is 14.7 Å². The highest BCUT2D eigenvalue weighted by atomic mass is 16.5. The Balaban J connectivity index is 1.44. The van der Waals surface area contributed by atoms with Crippen LogP contribution in [0, 0.1) is 6.92 Å². The van der Waals surface area contributed by atoms with Crippen LogP contribution in [-0.4, -0.2) is 67.2 Å². The Kier molecular flexibility index (Phi) is 6.09. The van der Waals surface area contributed by atoms with Crippen molar-refractivity contribution in [2.24, 2.45) is 0 Å². The van der Waals surface area contributed by atoms with E-state index in [2.05, 4.69) is 59.7 Å². The van der Waals surface area contributed by atoms with Gasteiger partial charge in [-0.25, -0.2) is 0 Å². The van der Waals surface area contributed by atoms with E-state index in [1.807, 2.05) is 4.90 Å². The highest BCUT2D eigenvalue weighted by molar-refractivity contribution is 5.97. The van der Waals surface area contributed by atoms with E-state index in [1.165, 1.54) is 33.7 Å². The van der Waals surface area contributed by atoms with Gasteiger partial charge in [-0.2, -0.15) is 9.97 Å². The third-order valence-electron chi connectivity index (χ3n) is 6.98. The number of carbonyl (C=O) groups excluding carboxylic acids is 1. The minimum absolute atomic E-state index is 0.0141. The predicted octanol–water partition coefficient (Wildman–Crippen LogP) is 3.39. The van der Waals surface area contributed by atoms with Gasteiger partial charge in [0, 0.05) is 62.3 Å². The quantitative estimate of drug-likeness (QED) is 0.560. The molecule has 7 heteroatoms. The molecule has 2 aliphatic rings. The molecule has 1 aromatic heterocycles. The Morgan fingerprint density at radius 3 is 2.44 bits per heavy atom. The van der Waals surface area contributed by atoms with Crippen LogP contribution >= 0.6 is 0 Å². The van der Waals surface area contributed by atoms with E-state index in [9.17, 15) is 4.79 Å². The summed E-state index contributed by atoms with van der Waals surface area (Å²) in [6.07, 6.45) is 3.08. The van der Waals surface area contributed by atoms with Crippen LogP contribution in [-0.2, 0) is 17.6 Å². The summed E-state index contributed by atoms with van der Waals surface area (Å²) >= 11 is 0. The molecule has 3 heterocycles. The van der Waals surface area contributed by atoms with Crippen molar-refractivity contribution in [2.45, 2.75) is 19.8 Å². The normalized spacial score (nSPS) is 16.2. The fraction of sp³-hybridized carbons (Fsp3) is 0.370. The molecule has 0 saturated carbocycles. The minimum atomic E-state index is -0.0141.